The molecule has 0 fully saturated rings. The molecule has 0 aromatic carbocycles. The summed E-state index contributed by atoms with van der Waals surface area (Å²) in [4.78, 5) is 18.1. The van der Waals surface area contributed by atoms with Gasteiger partial charge in [-0.3, -0.25) is 4.79 Å². The number of nitrogen functional groups attached to an aromatic ring is 1. The van der Waals surface area contributed by atoms with Gasteiger partial charge in [-0.15, -0.1) is 0 Å². The minimum atomic E-state index is -0.329. The number of amides is 1. The zero-order chi connectivity index (χ0) is 11.3. The number of carbonyl (C=O) groups is 1. The number of aromatic nitrogens is 2. The maximum Gasteiger partial charge on any atom is 0.222 e. The molecule has 0 aliphatic rings. The maximum atomic E-state index is 10.5. The third-order valence-electron chi connectivity index (χ3n) is 1.66. The molecule has 0 saturated heterocycles. The predicted octanol–water partition coefficient (Wildman–Crippen LogP) is 0.390. The van der Waals surface area contributed by atoms with E-state index in [1.165, 1.54) is 6.20 Å². The van der Waals surface area contributed by atoms with Crippen LogP contribution in [0.25, 0.3) is 0 Å². The van der Waals surface area contributed by atoms with Crippen molar-refractivity contribution in [2.45, 2.75) is 12.8 Å². The summed E-state index contributed by atoms with van der Waals surface area (Å²) in [5.41, 5.74) is 10.4. The zero-order valence-corrected chi connectivity index (χ0v) is 8.79. The van der Waals surface area contributed by atoms with Crippen LogP contribution in [0.5, 0.6) is 0 Å². The quantitative estimate of drug-likeness (QED) is 0.633. The van der Waals surface area contributed by atoms with Crippen LogP contribution in [0.3, 0.4) is 0 Å². The molecule has 82 valence electrons. The normalized spacial score (nSPS) is 9.93. The van der Waals surface area contributed by atoms with Crippen LogP contribution in [0.2, 0.25) is 5.02 Å². The molecule has 0 radical (unpaired) electrons. The highest BCUT2D eigenvalue weighted by Crippen LogP contribution is 2.17. The lowest BCUT2D eigenvalue weighted by atomic mass is 10.3. The Morgan fingerprint density at radius 3 is 3.00 bits per heavy atom. The van der Waals surface area contributed by atoms with Crippen molar-refractivity contribution in [2.75, 3.05) is 17.6 Å². The van der Waals surface area contributed by atoms with Crippen molar-refractivity contribution in [2.24, 2.45) is 5.73 Å². The Hall–Kier alpha value is -1.56. The molecule has 0 spiro atoms. The molecule has 5 N–H and O–H groups in total. The first kappa shape index (κ1) is 11.5. The lowest BCUT2D eigenvalue weighted by Gasteiger charge is -2.06. The highest BCUT2D eigenvalue weighted by Gasteiger charge is 2.02. The minimum absolute atomic E-state index is 0.150. The SMILES string of the molecule is NC(=O)CCCNc1nc(N)ncc1Cl. The van der Waals surface area contributed by atoms with Crippen LogP contribution in [0.15, 0.2) is 6.20 Å². The van der Waals surface area contributed by atoms with E-state index in [1.807, 2.05) is 0 Å². The van der Waals surface area contributed by atoms with E-state index in [-0.39, 0.29) is 11.9 Å². The van der Waals surface area contributed by atoms with Crippen molar-refractivity contribution in [3.8, 4) is 0 Å². The summed E-state index contributed by atoms with van der Waals surface area (Å²) in [6.07, 6.45) is 2.36. The topological polar surface area (TPSA) is 107 Å². The van der Waals surface area contributed by atoms with Crippen molar-refractivity contribution in [3.05, 3.63) is 11.2 Å². The monoisotopic (exact) mass is 229 g/mol. The Kier molecular flexibility index (Phi) is 4.11. The van der Waals surface area contributed by atoms with Crippen LogP contribution in [-0.2, 0) is 4.79 Å². The van der Waals surface area contributed by atoms with Gasteiger partial charge in [0.15, 0.2) is 0 Å². The second-order valence-corrected chi connectivity index (χ2v) is 3.33. The summed E-state index contributed by atoms with van der Waals surface area (Å²) in [6, 6.07) is 0. The Morgan fingerprint density at radius 2 is 2.33 bits per heavy atom. The first-order valence-corrected chi connectivity index (χ1v) is 4.77. The van der Waals surface area contributed by atoms with E-state index in [4.69, 9.17) is 23.1 Å². The molecule has 1 heterocycles. The van der Waals surface area contributed by atoms with Gasteiger partial charge in [0.2, 0.25) is 11.9 Å². The Morgan fingerprint density at radius 1 is 1.60 bits per heavy atom. The second-order valence-electron chi connectivity index (χ2n) is 2.92. The molecule has 0 bridgehead atoms. The molecule has 1 amide bonds. The van der Waals surface area contributed by atoms with Gasteiger partial charge in [0, 0.05) is 13.0 Å². The number of nitrogens with one attached hydrogen (secondary N) is 1. The van der Waals surface area contributed by atoms with Crippen molar-refractivity contribution in [3.63, 3.8) is 0 Å². The van der Waals surface area contributed by atoms with Crippen LogP contribution in [0.1, 0.15) is 12.8 Å². The van der Waals surface area contributed by atoms with Crippen molar-refractivity contribution in [1.82, 2.24) is 9.97 Å². The first-order chi connectivity index (χ1) is 7.09. The van der Waals surface area contributed by atoms with E-state index in [2.05, 4.69) is 15.3 Å². The van der Waals surface area contributed by atoms with E-state index in [0.29, 0.717) is 30.2 Å². The third-order valence-corrected chi connectivity index (χ3v) is 1.93. The number of primary amides is 1. The van der Waals surface area contributed by atoms with Gasteiger partial charge in [0.1, 0.15) is 10.8 Å². The number of halogens is 1. The van der Waals surface area contributed by atoms with Gasteiger partial charge in [-0.25, -0.2) is 4.98 Å². The summed E-state index contributed by atoms with van der Waals surface area (Å²) >= 11 is 5.80. The van der Waals surface area contributed by atoms with Crippen molar-refractivity contribution >= 4 is 29.3 Å². The van der Waals surface area contributed by atoms with Gasteiger partial charge in [-0.05, 0) is 6.42 Å². The Bertz CT molecular complexity index is 357. The second kappa shape index (κ2) is 5.35. The molecular weight excluding hydrogens is 218 g/mol. The number of rotatable bonds is 5. The standard InChI is InChI=1S/C8H12ClN5O/c9-5-4-13-8(11)14-7(5)12-3-1-2-6(10)15/h4H,1-3H2,(H2,10,15)(H3,11,12,13,14). The molecule has 1 aromatic heterocycles. The van der Waals surface area contributed by atoms with Crippen LogP contribution in [0, 0.1) is 0 Å². The molecule has 0 aliphatic carbocycles. The minimum Gasteiger partial charge on any atom is -0.370 e. The Labute approximate surface area is 92.0 Å². The van der Waals surface area contributed by atoms with Crippen molar-refractivity contribution < 1.29 is 4.79 Å². The lowest BCUT2D eigenvalue weighted by molar-refractivity contribution is -0.118. The average molecular weight is 230 g/mol. The van der Waals surface area contributed by atoms with Gasteiger partial charge in [0.05, 0.1) is 6.20 Å². The Balaban J connectivity index is 2.43. The van der Waals surface area contributed by atoms with Gasteiger partial charge in [-0.2, -0.15) is 4.98 Å². The van der Waals surface area contributed by atoms with E-state index in [9.17, 15) is 4.79 Å². The summed E-state index contributed by atoms with van der Waals surface area (Å²) in [6.45, 7) is 0.555. The van der Waals surface area contributed by atoms with Gasteiger partial charge in [0.25, 0.3) is 0 Å². The fraction of sp³-hybridized carbons (Fsp3) is 0.375. The van der Waals surface area contributed by atoms with Crippen LogP contribution < -0.4 is 16.8 Å². The smallest absolute Gasteiger partial charge is 0.222 e. The number of hydrogen-bond donors (Lipinski definition) is 3. The zero-order valence-electron chi connectivity index (χ0n) is 8.03. The van der Waals surface area contributed by atoms with Gasteiger partial charge < -0.3 is 16.8 Å². The predicted molar refractivity (Wildman–Crippen MR) is 58.4 cm³/mol. The highest BCUT2D eigenvalue weighted by molar-refractivity contribution is 6.32. The fourth-order valence-electron chi connectivity index (χ4n) is 0.974. The van der Waals surface area contributed by atoms with E-state index in [0.717, 1.165) is 0 Å². The molecule has 1 aromatic rings. The maximum absolute atomic E-state index is 10.5. The number of hydrogen-bond acceptors (Lipinski definition) is 5. The highest BCUT2D eigenvalue weighted by atomic mass is 35.5. The molecule has 1 rings (SSSR count). The van der Waals surface area contributed by atoms with Gasteiger partial charge in [-0.1, -0.05) is 11.6 Å². The lowest BCUT2D eigenvalue weighted by Crippen LogP contribution is -2.13. The van der Waals surface area contributed by atoms with Crippen LogP contribution >= 0.6 is 11.6 Å². The molecule has 15 heavy (non-hydrogen) atoms. The van der Waals surface area contributed by atoms with E-state index < -0.39 is 0 Å². The molecule has 0 saturated carbocycles. The number of anilines is 2. The van der Waals surface area contributed by atoms with E-state index in [1.54, 1.807) is 0 Å². The van der Waals surface area contributed by atoms with Crippen molar-refractivity contribution in [1.29, 1.82) is 0 Å². The largest absolute Gasteiger partial charge is 0.370 e. The summed E-state index contributed by atoms with van der Waals surface area (Å²) in [5.74, 6) is 0.288. The number of nitrogens with two attached hydrogens (primary N) is 2. The van der Waals surface area contributed by atoms with Crippen LogP contribution in [0.4, 0.5) is 11.8 Å². The summed E-state index contributed by atoms with van der Waals surface area (Å²) < 4.78 is 0. The summed E-state index contributed by atoms with van der Waals surface area (Å²) in [5, 5.41) is 3.33. The molecule has 6 nitrogen and oxygen atoms in total. The summed E-state index contributed by atoms with van der Waals surface area (Å²) in [7, 11) is 0. The molecular formula is C8H12ClN5O. The number of carbonyl (C=O) groups excluding carboxylic acids is 1. The molecule has 0 aliphatic heterocycles. The molecule has 7 heteroatoms. The number of nitrogens with zero attached hydrogens (tertiary/aromatic N) is 2. The molecule has 0 unspecified atom stereocenters. The van der Waals surface area contributed by atoms with Gasteiger partial charge >= 0.3 is 0 Å². The fourth-order valence-corrected chi connectivity index (χ4v) is 1.13. The van der Waals surface area contributed by atoms with E-state index >= 15 is 0 Å². The third kappa shape index (κ3) is 3.99. The average Bonchev–Trinajstić information content (AvgIpc) is 2.17. The first-order valence-electron chi connectivity index (χ1n) is 4.40. The van der Waals surface area contributed by atoms with Crippen LogP contribution in [-0.4, -0.2) is 22.4 Å². The molecule has 0 atom stereocenters.